The van der Waals surface area contributed by atoms with Gasteiger partial charge in [-0.3, -0.25) is 0 Å². The second-order valence-corrected chi connectivity index (χ2v) is 6.52. The molecule has 3 rings (SSSR count). The molecule has 2 heteroatoms. The molecule has 0 saturated heterocycles. The first-order valence-electron chi connectivity index (χ1n) is 8.62. The smallest absolute Gasteiger partial charge is 0.119 e. The molecule has 0 amide bonds. The fourth-order valence-corrected chi connectivity index (χ4v) is 3.24. The summed E-state index contributed by atoms with van der Waals surface area (Å²) >= 11 is 0. The number of nitrogens with one attached hydrogen (secondary N) is 1. The van der Waals surface area contributed by atoms with E-state index >= 15 is 0 Å². The van der Waals surface area contributed by atoms with E-state index in [2.05, 4.69) is 80.7 Å². The fourth-order valence-electron chi connectivity index (χ4n) is 3.24. The van der Waals surface area contributed by atoms with Crippen LogP contribution in [0, 0.1) is 20.8 Å². The van der Waals surface area contributed by atoms with E-state index < -0.39 is 0 Å². The lowest BCUT2D eigenvalue weighted by molar-refractivity contribution is 0.415. The number of ether oxygens (including phenoxy) is 1. The van der Waals surface area contributed by atoms with Gasteiger partial charge in [-0.25, -0.2) is 0 Å². The van der Waals surface area contributed by atoms with Crippen LogP contribution in [0.3, 0.4) is 0 Å². The van der Waals surface area contributed by atoms with Crippen LogP contribution in [-0.2, 0) is 0 Å². The average Bonchev–Trinajstić information content (AvgIpc) is 2.61. The summed E-state index contributed by atoms with van der Waals surface area (Å²) in [5, 5.41) is 3.71. The molecule has 0 bridgehead atoms. The van der Waals surface area contributed by atoms with Crippen LogP contribution in [-0.4, -0.2) is 7.11 Å². The van der Waals surface area contributed by atoms with E-state index in [1.54, 1.807) is 7.11 Å². The van der Waals surface area contributed by atoms with Crippen molar-refractivity contribution in [3.63, 3.8) is 0 Å². The molecule has 128 valence electrons. The minimum Gasteiger partial charge on any atom is -0.497 e. The van der Waals surface area contributed by atoms with E-state index in [1.807, 2.05) is 12.1 Å². The Bertz CT molecular complexity index is 852. The Morgan fingerprint density at radius 1 is 0.760 bits per heavy atom. The van der Waals surface area contributed by atoms with Gasteiger partial charge in [-0.05, 0) is 67.3 Å². The zero-order valence-corrected chi connectivity index (χ0v) is 15.3. The molecule has 0 aromatic heterocycles. The summed E-state index contributed by atoms with van der Waals surface area (Å²) in [4.78, 5) is 0. The first-order chi connectivity index (χ1) is 12.1. The summed E-state index contributed by atoms with van der Waals surface area (Å²) in [6, 6.07) is 23.4. The Hall–Kier alpha value is -2.74. The molecular weight excluding hydrogens is 306 g/mol. The summed E-state index contributed by atoms with van der Waals surface area (Å²) in [6.07, 6.45) is 0. The number of rotatable bonds is 5. The highest BCUT2D eigenvalue weighted by molar-refractivity contribution is 5.53. The van der Waals surface area contributed by atoms with Crippen molar-refractivity contribution < 1.29 is 4.74 Å². The summed E-state index contributed by atoms with van der Waals surface area (Å²) in [6.45, 7) is 6.49. The summed E-state index contributed by atoms with van der Waals surface area (Å²) < 4.78 is 5.27. The number of anilines is 1. The van der Waals surface area contributed by atoms with Crippen molar-refractivity contribution in [2.75, 3.05) is 12.4 Å². The third kappa shape index (κ3) is 3.85. The van der Waals surface area contributed by atoms with Gasteiger partial charge < -0.3 is 10.1 Å². The Balaban J connectivity index is 2.03. The van der Waals surface area contributed by atoms with Gasteiger partial charge in [-0.15, -0.1) is 0 Å². The van der Waals surface area contributed by atoms with Crippen LogP contribution in [0.4, 0.5) is 5.69 Å². The summed E-state index contributed by atoms with van der Waals surface area (Å²) in [7, 11) is 1.69. The molecule has 0 aliphatic heterocycles. The minimum absolute atomic E-state index is 0.107. The third-order valence-electron chi connectivity index (χ3n) is 4.64. The number of aryl methyl sites for hydroxylation is 3. The maximum Gasteiger partial charge on any atom is 0.119 e. The SMILES string of the molecule is COc1ccc(NC(c2ccccc2C)c2ccc(C)cc2C)cc1. The van der Waals surface area contributed by atoms with Crippen LogP contribution in [0.1, 0.15) is 33.9 Å². The van der Waals surface area contributed by atoms with Crippen LogP contribution >= 0.6 is 0 Å². The van der Waals surface area contributed by atoms with Gasteiger partial charge in [-0.2, -0.15) is 0 Å². The number of hydrogen-bond acceptors (Lipinski definition) is 2. The Morgan fingerprint density at radius 3 is 2.08 bits per heavy atom. The van der Waals surface area contributed by atoms with Gasteiger partial charge in [0.25, 0.3) is 0 Å². The predicted octanol–water partition coefficient (Wildman–Crippen LogP) is 5.82. The molecule has 25 heavy (non-hydrogen) atoms. The second-order valence-electron chi connectivity index (χ2n) is 6.52. The van der Waals surface area contributed by atoms with E-state index in [-0.39, 0.29) is 6.04 Å². The quantitative estimate of drug-likeness (QED) is 0.636. The molecule has 0 heterocycles. The maximum absolute atomic E-state index is 5.27. The fraction of sp³-hybridized carbons (Fsp3) is 0.217. The molecule has 1 N–H and O–H groups in total. The monoisotopic (exact) mass is 331 g/mol. The van der Waals surface area contributed by atoms with Gasteiger partial charge in [0.2, 0.25) is 0 Å². The van der Waals surface area contributed by atoms with Crippen LogP contribution < -0.4 is 10.1 Å². The molecule has 0 fully saturated rings. The van der Waals surface area contributed by atoms with E-state index in [0.29, 0.717) is 0 Å². The topological polar surface area (TPSA) is 21.3 Å². The van der Waals surface area contributed by atoms with Gasteiger partial charge in [0, 0.05) is 5.69 Å². The van der Waals surface area contributed by atoms with Gasteiger partial charge in [-0.1, -0.05) is 48.0 Å². The number of hydrogen-bond donors (Lipinski definition) is 1. The van der Waals surface area contributed by atoms with Crippen molar-refractivity contribution in [3.8, 4) is 5.75 Å². The van der Waals surface area contributed by atoms with E-state index in [4.69, 9.17) is 4.74 Å². The van der Waals surface area contributed by atoms with Crippen molar-refractivity contribution in [3.05, 3.63) is 94.5 Å². The Morgan fingerprint density at radius 2 is 1.44 bits per heavy atom. The van der Waals surface area contributed by atoms with Crippen molar-refractivity contribution in [2.45, 2.75) is 26.8 Å². The normalized spacial score (nSPS) is 11.8. The van der Waals surface area contributed by atoms with Crippen LogP contribution in [0.5, 0.6) is 5.75 Å². The lowest BCUT2D eigenvalue weighted by Crippen LogP contribution is -2.15. The summed E-state index contributed by atoms with van der Waals surface area (Å²) in [5.74, 6) is 0.865. The Labute approximate surface area is 150 Å². The molecule has 1 unspecified atom stereocenters. The summed E-state index contributed by atoms with van der Waals surface area (Å²) in [5.41, 5.74) is 7.55. The lowest BCUT2D eigenvalue weighted by Gasteiger charge is -2.24. The molecule has 1 atom stereocenters. The minimum atomic E-state index is 0.107. The van der Waals surface area contributed by atoms with Crippen molar-refractivity contribution in [1.29, 1.82) is 0 Å². The molecule has 0 aliphatic rings. The highest BCUT2D eigenvalue weighted by Gasteiger charge is 2.18. The first kappa shape index (κ1) is 17.1. The first-order valence-corrected chi connectivity index (χ1v) is 8.62. The van der Waals surface area contributed by atoms with E-state index in [0.717, 1.165) is 11.4 Å². The zero-order chi connectivity index (χ0) is 17.8. The van der Waals surface area contributed by atoms with Gasteiger partial charge in [0.15, 0.2) is 0 Å². The van der Waals surface area contributed by atoms with Crippen molar-refractivity contribution in [1.82, 2.24) is 0 Å². The highest BCUT2D eigenvalue weighted by atomic mass is 16.5. The largest absolute Gasteiger partial charge is 0.497 e. The van der Waals surface area contributed by atoms with Crippen LogP contribution in [0.25, 0.3) is 0 Å². The molecule has 3 aromatic rings. The number of benzene rings is 3. The lowest BCUT2D eigenvalue weighted by atomic mass is 9.91. The maximum atomic E-state index is 5.27. The molecule has 0 spiro atoms. The number of methoxy groups -OCH3 is 1. The predicted molar refractivity (Wildman–Crippen MR) is 106 cm³/mol. The molecule has 0 aliphatic carbocycles. The molecule has 3 aromatic carbocycles. The van der Waals surface area contributed by atoms with Crippen molar-refractivity contribution in [2.24, 2.45) is 0 Å². The van der Waals surface area contributed by atoms with Crippen LogP contribution in [0.2, 0.25) is 0 Å². The standard InChI is InChI=1S/C23H25NO/c1-16-9-14-22(18(3)15-16)23(21-8-6-5-7-17(21)2)24-19-10-12-20(25-4)13-11-19/h5-15,23-24H,1-4H3. The third-order valence-corrected chi connectivity index (χ3v) is 4.64. The van der Waals surface area contributed by atoms with Gasteiger partial charge in [0.1, 0.15) is 5.75 Å². The molecule has 2 nitrogen and oxygen atoms in total. The molecule has 0 radical (unpaired) electrons. The Kier molecular flexibility index (Phi) is 5.08. The highest BCUT2D eigenvalue weighted by Crippen LogP contribution is 2.31. The van der Waals surface area contributed by atoms with Crippen molar-refractivity contribution >= 4 is 5.69 Å². The zero-order valence-electron chi connectivity index (χ0n) is 15.3. The second kappa shape index (κ2) is 7.43. The molecule has 0 saturated carbocycles. The molecular formula is C23H25NO. The van der Waals surface area contributed by atoms with E-state index in [1.165, 1.54) is 27.8 Å². The van der Waals surface area contributed by atoms with E-state index in [9.17, 15) is 0 Å². The van der Waals surface area contributed by atoms with Crippen LogP contribution in [0.15, 0.2) is 66.7 Å². The van der Waals surface area contributed by atoms with Gasteiger partial charge >= 0.3 is 0 Å². The average molecular weight is 331 g/mol. The van der Waals surface area contributed by atoms with Gasteiger partial charge in [0.05, 0.1) is 13.2 Å².